The number of sulfone groups is 1. The van der Waals surface area contributed by atoms with Crippen molar-refractivity contribution in [2.75, 3.05) is 18.6 Å². The standard InChI is InChI=1S/C13H21NO2S2/c1-11(2)14-9-4-10-17-12-5-7-13(8-6-12)18(3,15)16/h5-8,11,14H,4,9-10H2,1-3H3. The van der Waals surface area contributed by atoms with Crippen LogP contribution >= 0.6 is 11.8 Å². The zero-order chi connectivity index (χ0) is 13.6. The van der Waals surface area contributed by atoms with Crippen molar-refractivity contribution in [2.45, 2.75) is 36.1 Å². The molecule has 1 rings (SSSR count). The SMILES string of the molecule is CC(C)NCCCSc1ccc(S(C)(=O)=O)cc1. The van der Waals surface area contributed by atoms with E-state index >= 15 is 0 Å². The third-order valence-electron chi connectivity index (χ3n) is 2.39. The molecule has 0 bridgehead atoms. The molecule has 0 aromatic heterocycles. The molecule has 0 saturated carbocycles. The second-order valence-corrected chi connectivity index (χ2v) is 7.74. The number of nitrogens with one attached hydrogen (secondary N) is 1. The van der Waals surface area contributed by atoms with Crippen LogP contribution in [-0.4, -0.2) is 33.0 Å². The highest BCUT2D eigenvalue weighted by Crippen LogP contribution is 2.20. The van der Waals surface area contributed by atoms with E-state index in [1.165, 1.54) is 6.26 Å². The Labute approximate surface area is 114 Å². The number of rotatable bonds is 7. The molecule has 0 saturated heterocycles. The number of hydrogen-bond donors (Lipinski definition) is 1. The van der Waals surface area contributed by atoms with E-state index in [0.29, 0.717) is 10.9 Å². The molecule has 1 aromatic rings. The lowest BCUT2D eigenvalue weighted by atomic mass is 10.4. The van der Waals surface area contributed by atoms with Crippen LogP contribution in [0.5, 0.6) is 0 Å². The van der Waals surface area contributed by atoms with Crippen LogP contribution in [0, 0.1) is 0 Å². The molecular formula is C13H21NO2S2. The van der Waals surface area contributed by atoms with Gasteiger partial charge in [-0.1, -0.05) is 13.8 Å². The predicted octanol–water partition coefficient (Wildman–Crippen LogP) is 2.57. The maximum absolute atomic E-state index is 11.3. The summed E-state index contributed by atoms with van der Waals surface area (Å²) in [4.78, 5) is 1.50. The Balaban J connectivity index is 2.36. The molecule has 3 nitrogen and oxygen atoms in total. The van der Waals surface area contributed by atoms with E-state index in [4.69, 9.17) is 0 Å². The third-order valence-corrected chi connectivity index (χ3v) is 4.62. The van der Waals surface area contributed by atoms with Crippen LogP contribution in [0.3, 0.4) is 0 Å². The lowest BCUT2D eigenvalue weighted by Gasteiger charge is -2.07. The molecule has 0 amide bonds. The van der Waals surface area contributed by atoms with Gasteiger partial charge in [-0.2, -0.15) is 0 Å². The predicted molar refractivity (Wildman–Crippen MR) is 78.0 cm³/mol. The van der Waals surface area contributed by atoms with Crippen molar-refractivity contribution >= 4 is 21.6 Å². The summed E-state index contributed by atoms with van der Waals surface area (Å²) >= 11 is 1.76. The first-order valence-electron chi connectivity index (χ1n) is 6.06. The Kier molecular flexibility index (Phi) is 6.18. The smallest absolute Gasteiger partial charge is 0.175 e. The highest BCUT2D eigenvalue weighted by Gasteiger charge is 2.05. The quantitative estimate of drug-likeness (QED) is 0.618. The van der Waals surface area contributed by atoms with Gasteiger partial charge in [0.2, 0.25) is 0 Å². The Morgan fingerprint density at radius 2 is 1.83 bits per heavy atom. The zero-order valence-electron chi connectivity index (χ0n) is 11.1. The van der Waals surface area contributed by atoms with Gasteiger partial charge in [0.1, 0.15) is 0 Å². The van der Waals surface area contributed by atoms with Gasteiger partial charge in [0.15, 0.2) is 9.84 Å². The molecule has 0 unspecified atom stereocenters. The van der Waals surface area contributed by atoms with Crippen LogP contribution < -0.4 is 5.32 Å². The summed E-state index contributed by atoms with van der Waals surface area (Å²) in [6.07, 6.45) is 2.34. The first-order chi connectivity index (χ1) is 8.39. The van der Waals surface area contributed by atoms with E-state index in [1.54, 1.807) is 23.9 Å². The fourth-order valence-electron chi connectivity index (χ4n) is 1.44. The minimum Gasteiger partial charge on any atom is -0.315 e. The second-order valence-electron chi connectivity index (χ2n) is 4.55. The van der Waals surface area contributed by atoms with Crippen LogP contribution in [0.1, 0.15) is 20.3 Å². The number of thioether (sulfide) groups is 1. The Morgan fingerprint density at radius 3 is 2.33 bits per heavy atom. The molecule has 18 heavy (non-hydrogen) atoms. The van der Waals surface area contributed by atoms with E-state index in [-0.39, 0.29) is 0 Å². The number of benzene rings is 1. The van der Waals surface area contributed by atoms with Gasteiger partial charge in [-0.05, 0) is 43.0 Å². The van der Waals surface area contributed by atoms with Crippen LogP contribution in [-0.2, 0) is 9.84 Å². The fraction of sp³-hybridized carbons (Fsp3) is 0.538. The van der Waals surface area contributed by atoms with E-state index in [1.807, 2.05) is 12.1 Å². The van der Waals surface area contributed by atoms with Crippen molar-refractivity contribution in [1.29, 1.82) is 0 Å². The summed E-state index contributed by atoms with van der Waals surface area (Å²) in [6.45, 7) is 5.29. The lowest BCUT2D eigenvalue weighted by molar-refractivity contribution is 0.586. The molecule has 0 heterocycles. The summed E-state index contributed by atoms with van der Waals surface area (Å²) in [5.74, 6) is 1.04. The van der Waals surface area contributed by atoms with Gasteiger partial charge in [-0.25, -0.2) is 8.42 Å². The maximum Gasteiger partial charge on any atom is 0.175 e. The van der Waals surface area contributed by atoms with Gasteiger partial charge in [-0.3, -0.25) is 0 Å². The highest BCUT2D eigenvalue weighted by molar-refractivity contribution is 7.99. The van der Waals surface area contributed by atoms with Crippen molar-refractivity contribution in [3.05, 3.63) is 24.3 Å². The molecule has 0 aliphatic carbocycles. The second kappa shape index (κ2) is 7.16. The Bertz CT molecular complexity index is 452. The van der Waals surface area contributed by atoms with Gasteiger partial charge < -0.3 is 5.32 Å². The van der Waals surface area contributed by atoms with Crippen LogP contribution in [0.25, 0.3) is 0 Å². The van der Waals surface area contributed by atoms with Crippen molar-refractivity contribution in [3.8, 4) is 0 Å². The summed E-state index contributed by atoms with van der Waals surface area (Å²) in [5, 5.41) is 3.37. The maximum atomic E-state index is 11.3. The zero-order valence-corrected chi connectivity index (χ0v) is 12.8. The highest BCUT2D eigenvalue weighted by atomic mass is 32.2. The van der Waals surface area contributed by atoms with E-state index in [9.17, 15) is 8.42 Å². The van der Waals surface area contributed by atoms with Crippen molar-refractivity contribution in [2.24, 2.45) is 0 Å². The normalized spacial score (nSPS) is 12.0. The molecule has 0 fully saturated rings. The summed E-state index contributed by atoms with van der Waals surface area (Å²) in [7, 11) is -3.08. The van der Waals surface area contributed by atoms with Crippen molar-refractivity contribution in [1.82, 2.24) is 5.32 Å². The molecule has 0 spiro atoms. The minimum atomic E-state index is -3.08. The topological polar surface area (TPSA) is 46.2 Å². The van der Waals surface area contributed by atoms with Gasteiger partial charge in [-0.15, -0.1) is 11.8 Å². The summed E-state index contributed by atoms with van der Waals surface area (Å²) in [5.41, 5.74) is 0. The molecule has 102 valence electrons. The third kappa shape index (κ3) is 5.89. The molecule has 0 atom stereocenters. The minimum absolute atomic E-state index is 0.383. The summed E-state index contributed by atoms with van der Waals surface area (Å²) < 4.78 is 22.6. The van der Waals surface area contributed by atoms with Gasteiger partial charge in [0.05, 0.1) is 4.90 Å². The largest absolute Gasteiger partial charge is 0.315 e. The van der Waals surface area contributed by atoms with Gasteiger partial charge in [0.25, 0.3) is 0 Å². The summed E-state index contributed by atoms with van der Waals surface area (Å²) in [6, 6.07) is 7.62. The van der Waals surface area contributed by atoms with E-state index < -0.39 is 9.84 Å². The average molecular weight is 287 g/mol. The van der Waals surface area contributed by atoms with Crippen LogP contribution in [0.2, 0.25) is 0 Å². The molecule has 5 heteroatoms. The van der Waals surface area contributed by atoms with Gasteiger partial charge in [0, 0.05) is 17.2 Å². The average Bonchev–Trinajstić information content (AvgIpc) is 2.27. The molecule has 1 N–H and O–H groups in total. The molecule has 0 radical (unpaired) electrons. The van der Waals surface area contributed by atoms with Gasteiger partial charge >= 0.3 is 0 Å². The van der Waals surface area contributed by atoms with Crippen LogP contribution in [0.15, 0.2) is 34.1 Å². The lowest BCUT2D eigenvalue weighted by Crippen LogP contribution is -2.23. The van der Waals surface area contributed by atoms with Crippen molar-refractivity contribution < 1.29 is 8.42 Å². The first-order valence-corrected chi connectivity index (χ1v) is 8.93. The molecular weight excluding hydrogens is 266 g/mol. The number of hydrogen-bond acceptors (Lipinski definition) is 4. The molecule has 0 aliphatic rings. The van der Waals surface area contributed by atoms with Crippen LogP contribution in [0.4, 0.5) is 0 Å². The van der Waals surface area contributed by atoms with E-state index in [2.05, 4.69) is 19.2 Å². The fourth-order valence-corrected chi connectivity index (χ4v) is 2.92. The Morgan fingerprint density at radius 1 is 1.22 bits per heavy atom. The monoisotopic (exact) mass is 287 g/mol. The Hall–Kier alpha value is -0.520. The van der Waals surface area contributed by atoms with Crippen molar-refractivity contribution in [3.63, 3.8) is 0 Å². The molecule has 0 aliphatic heterocycles. The van der Waals surface area contributed by atoms with E-state index in [0.717, 1.165) is 23.6 Å². The first kappa shape index (κ1) is 15.5. The molecule has 1 aromatic carbocycles.